The van der Waals surface area contributed by atoms with E-state index in [-0.39, 0.29) is 11.7 Å². The van der Waals surface area contributed by atoms with Crippen LogP contribution in [0.5, 0.6) is 0 Å². The van der Waals surface area contributed by atoms with E-state index in [4.69, 9.17) is 5.11 Å². The molecule has 0 spiro atoms. The number of carbonyl (C=O) groups is 1. The summed E-state index contributed by atoms with van der Waals surface area (Å²) in [6.45, 7) is 1.28. The third kappa shape index (κ3) is 2.89. The Morgan fingerprint density at radius 1 is 1.38 bits per heavy atom. The van der Waals surface area contributed by atoms with Crippen molar-refractivity contribution < 1.29 is 14.3 Å². The maximum atomic E-state index is 12.9. The molecule has 2 heterocycles. The fourth-order valence-corrected chi connectivity index (χ4v) is 2.64. The monoisotopic (exact) mass is 289 g/mol. The molecule has 0 aliphatic carbocycles. The van der Waals surface area contributed by atoms with Gasteiger partial charge in [-0.2, -0.15) is 5.10 Å². The third-order valence-electron chi connectivity index (χ3n) is 3.81. The van der Waals surface area contributed by atoms with Crippen LogP contribution in [-0.2, 0) is 4.79 Å². The van der Waals surface area contributed by atoms with E-state index < -0.39 is 5.97 Å². The van der Waals surface area contributed by atoms with Crippen molar-refractivity contribution in [3.63, 3.8) is 0 Å². The highest BCUT2D eigenvalue weighted by Gasteiger charge is 2.26. The second kappa shape index (κ2) is 5.55. The van der Waals surface area contributed by atoms with Crippen molar-refractivity contribution in [2.45, 2.75) is 12.8 Å². The van der Waals surface area contributed by atoms with Gasteiger partial charge in [0.05, 0.1) is 11.6 Å². The zero-order chi connectivity index (χ0) is 14.8. The maximum absolute atomic E-state index is 12.9. The van der Waals surface area contributed by atoms with E-state index in [0.717, 1.165) is 30.0 Å². The number of carboxylic acids is 1. The second-order valence-corrected chi connectivity index (χ2v) is 5.27. The van der Waals surface area contributed by atoms with Gasteiger partial charge in [-0.25, -0.2) is 4.39 Å². The molecule has 1 fully saturated rings. The van der Waals surface area contributed by atoms with E-state index in [1.54, 1.807) is 12.1 Å². The summed E-state index contributed by atoms with van der Waals surface area (Å²) in [5.41, 5.74) is 1.64. The first-order valence-corrected chi connectivity index (χ1v) is 6.92. The number of anilines is 1. The fourth-order valence-electron chi connectivity index (χ4n) is 2.64. The molecule has 21 heavy (non-hydrogen) atoms. The smallest absolute Gasteiger partial charge is 0.308 e. The van der Waals surface area contributed by atoms with E-state index in [0.29, 0.717) is 13.0 Å². The average molecular weight is 289 g/mol. The fraction of sp³-hybridized carbons (Fsp3) is 0.333. The molecule has 1 aliphatic rings. The largest absolute Gasteiger partial charge is 0.481 e. The predicted octanol–water partition coefficient (Wildman–Crippen LogP) is 2.52. The number of aliphatic carboxylic acids is 1. The van der Waals surface area contributed by atoms with Crippen LogP contribution in [0.1, 0.15) is 12.8 Å². The first-order valence-electron chi connectivity index (χ1n) is 6.92. The molecule has 0 radical (unpaired) electrons. The van der Waals surface area contributed by atoms with Gasteiger partial charge in [0.1, 0.15) is 5.82 Å². The van der Waals surface area contributed by atoms with Crippen molar-refractivity contribution in [2.75, 3.05) is 18.0 Å². The van der Waals surface area contributed by atoms with Gasteiger partial charge in [0.25, 0.3) is 0 Å². The highest BCUT2D eigenvalue weighted by Crippen LogP contribution is 2.26. The molecule has 6 heteroatoms. The molecule has 3 rings (SSSR count). The predicted molar refractivity (Wildman–Crippen MR) is 76.6 cm³/mol. The van der Waals surface area contributed by atoms with Crippen molar-refractivity contribution in [3.05, 3.63) is 36.1 Å². The van der Waals surface area contributed by atoms with Crippen LogP contribution >= 0.6 is 0 Å². The summed E-state index contributed by atoms with van der Waals surface area (Å²) >= 11 is 0. The van der Waals surface area contributed by atoms with Crippen molar-refractivity contribution in [1.82, 2.24) is 10.2 Å². The second-order valence-electron chi connectivity index (χ2n) is 5.27. The van der Waals surface area contributed by atoms with Crippen LogP contribution in [0.3, 0.4) is 0 Å². The van der Waals surface area contributed by atoms with Crippen LogP contribution in [0.4, 0.5) is 10.2 Å². The molecule has 1 aliphatic heterocycles. The van der Waals surface area contributed by atoms with Crippen LogP contribution in [0.2, 0.25) is 0 Å². The lowest BCUT2D eigenvalue weighted by atomic mass is 9.98. The van der Waals surface area contributed by atoms with E-state index in [2.05, 4.69) is 10.2 Å². The molecule has 5 nitrogen and oxygen atoms in total. The van der Waals surface area contributed by atoms with Crippen LogP contribution in [0, 0.1) is 11.7 Å². The number of aromatic amines is 1. The summed E-state index contributed by atoms with van der Waals surface area (Å²) in [7, 11) is 0. The van der Waals surface area contributed by atoms with Gasteiger partial charge in [-0.15, -0.1) is 0 Å². The number of hydrogen-bond acceptors (Lipinski definition) is 3. The number of benzene rings is 1. The third-order valence-corrected chi connectivity index (χ3v) is 3.81. The van der Waals surface area contributed by atoms with Crippen molar-refractivity contribution in [3.8, 4) is 11.3 Å². The van der Waals surface area contributed by atoms with Gasteiger partial charge in [-0.3, -0.25) is 9.89 Å². The highest BCUT2D eigenvalue weighted by molar-refractivity contribution is 5.71. The number of nitrogens with one attached hydrogen (secondary N) is 1. The Hall–Kier alpha value is -2.37. The van der Waals surface area contributed by atoms with Gasteiger partial charge in [0.2, 0.25) is 0 Å². The molecule has 110 valence electrons. The summed E-state index contributed by atoms with van der Waals surface area (Å²) in [4.78, 5) is 13.1. The van der Waals surface area contributed by atoms with Gasteiger partial charge >= 0.3 is 5.97 Å². The van der Waals surface area contributed by atoms with Gasteiger partial charge in [0, 0.05) is 19.2 Å². The molecule has 2 aromatic rings. The minimum absolute atomic E-state index is 0.279. The highest BCUT2D eigenvalue weighted by atomic mass is 19.1. The number of carboxylic acid groups (broad SMARTS) is 1. The Morgan fingerprint density at radius 3 is 2.86 bits per heavy atom. The zero-order valence-electron chi connectivity index (χ0n) is 11.4. The van der Waals surface area contributed by atoms with Crippen LogP contribution in [0.25, 0.3) is 11.3 Å². The van der Waals surface area contributed by atoms with Gasteiger partial charge < -0.3 is 10.0 Å². The summed E-state index contributed by atoms with van der Waals surface area (Å²) in [6.07, 6.45) is 1.55. The average Bonchev–Trinajstić information content (AvgIpc) is 2.98. The summed E-state index contributed by atoms with van der Waals surface area (Å²) < 4.78 is 12.9. The van der Waals surface area contributed by atoms with Crippen LogP contribution < -0.4 is 4.90 Å². The molecule has 1 saturated heterocycles. The Balaban J connectivity index is 1.78. The standard InChI is InChI=1S/C15H16FN3O2/c16-12-5-3-10(4-6-12)13-8-14(18-17-13)19-7-1-2-11(9-19)15(20)21/h3-6,8,11H,1-2,7,9H2,(H,17,18)(H,20,21). The number of aromatic nitrogens is 2. The SMILES string of the molecule is O=C(O)C1CCCN(c2cc(-c3ccc(F)cc3)[nH]n2)C1. The Bertz CT molecular complexity index is 639. The summed E-state index contributed by atoms with van der Waals surface area (Å²) in [5, 5.41) is 16.3. The normalized spacial score (nSPS) is 18.7. The van der Waals surface area contributed by atoms with E-state index in [9.17, 15) is 9.18 Å². The number of H-pyrrole nitrogens is 1. The number of rotatable bonds is 3. The molecular formula is C15H16FN3O2. The van der Waals surface area contributed by atoms with Crippen molar-refractivity contribution in [1.29, 1.82) is 0 Å². The Morgan fingerprint density at radius 2 is 2.14 bits per heavy atom. The maximum Gasteiger partial charge on any atom is 0.308 e. The molecule has 1 aromatic carbocycles. The quantitative estimate of drug-likeness (QED) is 0.911. The molecule has 0 bridgehead atoms. The van der Waals surface area contributed by atoms with Gasteiger partial charge in [0.15, 0.2) is 5.82 Å². The molecule has 0 amide bonds. The lowest BCUT2D eigenvalue weighted by molar-refractivity contribution is -0.141. The van der Waals surface area contributed by atoms with E-state index in [1.807, 2.05) is 11.0 Å². The number of hydrogen-bond donors (Lipinski definition) is 2. The number of piperidine rings is 1. The van der Waals surface area contributed by atoms with E-state index in [1.165, 1.54) is 12.1 Å². The van der Waals surface area contributed by atoms with E-state index >= 15 is 0 Å². The molecule has 1 aromatic heterocycles. The van der Waals surface area contributed by atoms with Gasteiger partial charge in [-0.1, -0.05) is 0 Å². The first kappa shape index (κ1) is 13.6. The lowest BCUT2D eigenvalue weighted by Gasteiger charge is -2.30. The molecule has 1 atom stereocenters. The minimum Gasteiger partial charge on any atom is -0.481 e. The zero-order valence-corrected chi connectivity index (χ0v) is 11.4. The topological polar surface area (TPSA) is 69.2 Å². The van der Waals surface area contributed by atoms with Crippen molar-refractivity contribution >= 4 is 11.8 Å². The summed E-state index contributed by atoms with van der Waals surface area (Å²) in [6, 6.07) is 8.04. The number of halogens is 1. The van der Waals surface area contributed by atoms with Crippen LogP contribution in [0.15, 0.2) is 30.3 Å². The molecule has 0 saturated carbocycles. The molecular weight excluding hydrogens is 273 g/mol. The van der Waals surface area contributed by atoms with Crippen molar-refractivity contribution in [2.24, 2.45) is 5.92 Å². The first-order chi connectivity index (χ1) is 10.1. The minimum atomic E-state index is -0.756. The Labute approximate surface area is 121 Å². The van der Waals surface area contributed by atoms with Crippen LogP contribution in [-0.4, -0.2) is 34.4 Å². The molecule has 2 N–H and O–H groups in total. The molecule has 1 unspecified atom stereocenters. The Kier molecular flexibility index (Phi) is 3.60. The van der Waals surface area contributed by atoms with Gasteiger partial charge in [-0.05, 0) is 42.7 Å². The summed E-state index contributed by atoms with van der Waals surface area (Å²) in [5.74, 6) is -0.641. The lowest BCUT2D eigenvalue weighted by Crippen LogP contribution is -2.38. The number of nitrogens with zero attached hydrogens (tertiary/aromatic N) is 2.